The van der Waals surface area contributed by atoms with Gasteiger partial charge in [0.15, 0.2) is 0 Å². The fourth-order valence-corrected chi connectivity index (χ4v) is 2.70. The Morgan fingerprint density at radius 1 is 0.593 bits per heavy atom. The zero-order valence-corrected chi connectivity index (χ0v) is 20.1. The van der Waals surface area contributed by atoms with Crippen LogP contribution in [0.3, 0.4) is 0 Å². The van der Waals surface area contributed by atoms with E-state index in [0.717, 1.165) is 13.0 Å². The van der Waals surface area contributed by atoms with E-state index >= 15 is 0 Å². The van der Waals surface area contributed by atoms with Gasteiger partial charge in [0.05, 0.1) is 39.6 Å². The molecule has 0 saturated heterocycles. The third-order valence-corrected chi connectivity index (χ3v) is 4.30. The molecule has 0 aromatic heterocycles. The molecule has 27 heavy (non-hydrogen) atoms. The van der Waals surface area contributed by atoms with Gasteiger partial charge in [0.1, 0.15) is 0 Å². The summed E-state index contributed by atoms with van der Waals surface area (Å²) in [4.78, 5) is 0. The van der Waals surface area contributed by atoms with Crippen LogP contribution in [0.15, 0.2) is 0 Å². The summed E-state index contributed by atoms with van der Waals surface area (Å²) in [6.07, 6.45) is 13.2. The van der Waals surface area contributed by atoms with Crippen molar-refractivity contribution < 1.29 is 60.9 Å². The summed E-state index contributed by atoms with van der Waals surface area (Å²) in [5.41, 5.74) is 0. The first-order valence-electron chi connectivity index (χ1n) is 9.89. The zero-order chi connectivity index (χ0) is 19.3. The van der Waals surface area contributed by atoms with Crippen molar-refractivity contribution in [3.8, 4) is 0 Å². The van der Waals surface area contributed by atoms with Crippen LogP contribution >= 0.6 is 0 Å². The van der Waals surface area contributed by atoms with Crippen molar-refractivity contribution in [3.63, 3.8) is 0 Å². The molecule has 0 aliphatic rings. The van der Waals surface area contributed by atoms with Crippen molar-refractivity contribution in [1.29, 1.82) is 0 Å². The van der Waals surface area contributed by atoms with Gasteiger partial charge in [-0.05, 0) is 6.42 Å². The molecule has 0 unspecified atom stereocenters. The Balaban J connectivity index is 0. The van der Waals surface area contributed by atoms with Gasteiger partial charge in [-0.25, -0.2) is 8.42 Å². The zero-order valence-electron chi connectivity index (χ0n) is 17.3. The van der Waals surface area contributed by atoms with Crippen molar-refractivity contribution in [3.05, 3.63) is 0 Å². The third kappa shape index (κ3) is 29.1. The van der Waals surface area contributed by atoms with Gasteiger partial charge in [-0.15, -0.1) is 0 Å². The van der Waals surface area contributed by atoms with Crippen LogP contribution in [0.1, 0.15) is 71.1 Å². The number of unbranched alkanes of at least 4 members (excludes halogenated alkanes) is 9. The van der Waals surface area contributed by atoms with Crippen molar-refractivity contribution in [2.75, 3.05) is 46.2 Å². The molecule has 0 amide bonds. The smallest absolute Gasteiger partial charge is 0.726 e. The Labute approximate surface area is 188 Å². The van der Waals surface area contributed by atoms with E-state index in [0.29, 0.717) is 26.4 Å². The maximum atomic E-state index is 10.2. The molecule has 0 saturated carbocycles. The van der Waals surface area contributed by atoms with E-state index < -0.39 is 10.4 Å². The first-order valence-corrected chi connectivity index (χ1v) is 11.2. The van der Waals surface area contributed by atoms with Crippen LogP contribution in [0.25, 0.3) is 0 Å². The van der Waals surface area contributed by atoms with Crippen LogP contribution < -0.4 is 29.6 Å². The van der Waals surface area contributed by atoms with Crippen LogP contribution in [-0.4, -0.2) is 59.2 Å². The average Bonchev–Trinajstić information content (AvgIpc) is 2.59. The molecular formula is C18H37NaO7S. The largest absolute Gasteiger partial charge is 1.00 e. The molecule has 0 aromatic carbocycles. The van der Waals surface area contributed by atoms with Crippen molar-refractivity contribution in [1.82, 2.24) is 0 Å². The summed E-state index contributed by atoms with van der Waals surface area (Å²) in [6, 6.07) is 0. The summed E-state index contributed by atoms with van der Waals surface area (Å²) >= 11 is 0. The summed E-state index contributed by atoms with van der Waals surface area (Å²) in [6.45, 7) is 4.58. The standard InChI is InChI=1S/C18H38O7S.Na/c1-2-3-4-5-6-7-8-9-10-11-12-22-13-14-23-15-16-24-17-18-25-26(19,20)21;/h2-18H2,1H3,(H,19,20,21);/q;+1/p-1. The summed E-state index contributed by atoms with van der Waals surface area (Å²) < 4.78 is 50.3. The summed E-state index contributed by atoms with van der Waals surface area (Å²) in [5, 5.41) is 0. The molecule has 0 heterocycles. The van der Waals surface area contributed by atoms with Gasteiger partial charge in [0, 0.05) is 6.61 Å². The van der Waals surface area contributed by atoms with E-state index in [4.69, 9.17) is 14.2 Å². The molecule has 0 spiro atoms. The number of ether oxygens (including phenoxy) is 3. The van der Waals surface area contributed by atoms with Crippen LogP contribution in [0.2, 0.25) is 0 Å². The van der Waals surface area contributed by atoms with Crippen molar-refractivity contribution in [2.45, 2.75) is 71.1 Å². The average molecular weight is 421 g/mol. The Morgan fingerprint density at radius 3 is 1.41 bits per heavy atom. The van der Waals surface area contributed by atoms with Crippen LogP contribution in [0.5, 0.6) is 0 Å². The normalized spacial score (nSPS) is 11.5. The van der Waals surface area contributed by atoms with Gasteiger partial charge in [0.2, 0.25) is 10.4 Å². The minimum atomic E-state index is -4.63. The topological polar surface area (TPSA) is 94.1 Å². The van der Waals surface area contributed by atoms with E-state index in [9.17, 15) is 13.0 Å². The molecule has 0 radical (unpaired) electrons. The fraction of sp³-hybridized carbons (Fsp3) is 1.00. The molecule has 0 bridgehead atoms. The summed E-state index contributed by atoms with van der Waals surface area (Å²) in [5.74, 6) is 0. The molecule has 0 atom stereocenters. The molecule has 0 aliphatic heterocycles. The number of hydrogen-bond acceptors (Lipinski definition) is 7. The van der Waals surface area contributed by atoms with Crippen LogP contribution in [-0.2, 0) is 28.8 Å². The fourth-order valence-electron chi connectivity index (χ4n) is 2.43. The molecule has 0 aromatic rings. The van der Waals surface area contributed by atoms with E-state index in [1.807, 2.05) is 0 Å². The second-order valence-electron chi connectivity index (χ2n) is 6.25. The first kappa shape index (κ1) is 29.9. The molecular weight excluding hydrogens is 383 g/mol. The predicted octanol–water partition coefficient (Wildman–Crippen LogP) is 0.438. The monoisotopic (exact) mass is 420 g/mol. The van der Waals surface area contributed by atoms with E-state index in [-0.39, 0.29) is 42.8 Å². The number of rotatable bonds is 21. The van der Waals surface area contributed by atoms with Gasteiger partial charge >= 0.3 is 29.6 Å². The minimum Gasteiger partial charge on any atom is -0.726 e. The second kappa shape index (κ2) is 23.0. The summed E-state index contributed by atoms with van der Waals surface area (Å²) in [7, 11) is -4.63. The van der Waals surface area contributed by atoms with E-state index in [1.165, 1.54) is 57.8 Å². The van der Waals surface area contributed by atoms with E-state index in [1.54, 1.807) is 0 Å². The van der Waals surface area contributed by atoms with Crippen LogP contribution in [0, 0.1) is 0 Å². The van der Waals surface area contributed by atoms with E-state index in [2.05, 4.69) is 11.1 Å². The molecule has 158 valence electrons. The SMILES string of the molecule is CCCCCCCCCCCCOCCOCCOCCOS(=O)(=O)[O-].[Na+]. The first-order chi connectivity index (χ1) is 12.6. The van der Waals surface area contributed by atoms with Gasteiger partial charge < -0.3 is 18.8 Å². The molecule has 7 nitrogen and oxygen atoms in total. The predicted molar refractivity (Wildman–Crippen MR) is 100.0 cm³/mol. The Kier molecular flexibility index (Phi) is 25.5. The maximum absolute atomic E-state index is 10.2. The maximum Gasteiger partial charge on any atom is 1.00 e. The molecule has 9 heteroatoms. The van der Waals surface area contributed by atoms with Gasteiger partial charge in [-0.2, -0.15) is 0 Å². The van der Waals surface area contributed by atoms with Crippen molar-refractivity contribution >= 4 is 10.4 Å². The Bertz CT molecular complexity index is 380. The Morgan fingerprint density at radius 2 is 0.963 bits per heavy atom. The van der Waals surface area contributed by atoms with Crippen molar-refractivity contribution in [2.24, 2.45) is 0 Å². The number of hydrogen-bond donors (Lipinski definition) is 0. The van der Waals surface area contributed by atoms with Crippen LogP contribution in [0.4, 0.5) is 0 Å². The third-order valence-electron chi connectivity index (χ3n) is 3.84. The quantitative estimate of drug-likeness (QED) is 0.115. The Hall–Kier alpha value is 0.750. The minimum absolute atomic E-state index is 0. The molecule has 0 fully saturated rings. The second-order valence-corrected chi connectivity index (χ2v) is 7.30. The molecule has 0 aliphatic carbocycles. The van der Waals surface area contributed by atoms with Gasteiger partial charge in [-0.1, -0.05) is 64.7 Å². The molecule has 0 N–H and O–H groups in total. The van der Waals surface area contributed by atoms with Gasteiger partial charge in [-0.3, -0.25) is 4.18 Å². The van der Waals surface area contributed by atoms with Gasteiger partial charge in [0.25, 0.3) is 0 Å². The molecule has 0 rings (SSSR count).